The van der Waals surface area contributed by atoms with Crippen LogP contribution in [0.1, 0.15) is 35.3 Å². The third-order valence-electron chi connectivity index (χ3n) is 8.00. The number of halogens is 1. The van der Waals surface area contributed by atoms with Crippen LogP contribution in [0.15, 0.2) is 65.7 Å². The van der Waals surface area contributed by atoms with E-state index in [-0.39, 0.29) is 22.4 Å². The van der Waals surface area contributed by atoms with Gasteiger partial charge in [0.05, 0.1) is 35.9 Å². The minimum absolute atomic E-state index is 0.0262. The number of hydrogen-bond acceptors (Lipinski definition) is 5. The molecular formula is C32H28FN3O4S. The normalized spacial score (nSPS) is 14.4. The van der Waals surface area contributed by atoms with Gasteiger partial charge in [-0.2, -0.15) is 5.26 Å². The van der Waals surface area contributed by atoms with Gasteiger partial charge in [0.2, 0.25) is 0 Å². The topological polar surface area (TPSA) is 86.2 Å². The van der Waals surface area contributed by atoms with Gasteiger partial charge in [0.1, 0.15) is 6.07 Å². The quantitative estimate of drug-likeness (QED) is 0.233. The van der Waals surface area contributed by atoms with E-state index in [1.807, 2.05) is 37.5 Å². The lowest BCUT2D eigenvalue weighted by Crippen LogP contribution is -2.19. The smallest absolute Gasteiger partial charge is 0.268 e. The van der Waals surface area contributed by atoms with Gasteiger partial charge in [-0.3, -0.25) is 0 Å². The molecule has 0 amide bonds. The largest absolute Gasteiger partial charge is 0.493 e. The summed E-state index contributed by atoms with van der Waals surface area (Å²) >= 11 is 0. The Morgan fingerprint density at radius 2 is 1.73 bits per heavy atom. The van der Waals surface area contributed by atoms with Crippen LogP contribution in [0, 0.1) is 31.0 Å². The maximum absolute atomic E-state index is 15.7. The van der Waals surface area contributed by atoms with E-state index in [1.54, 1.807) is 48.7 Å². The van der Waals surface area contributed by atoms with Crippen LogP contribution in [0.25, 0.3) is 33.3 Å². The number of hydrogen-bond donors (Lipinski definition) is 0. The van der Waals surface area contributed by atoms with Crippen LogP contribution < -0.4 is 9.47 Å². The van der Waals surface area contributed by atoms with Gasteiger partial charge in [0.15, 0.2) is 17.3 Å². The fraction of sp³-hybridized carbons (Fsp3) is 0.219. The number of rotatable bonds is 5. The Bertz CT molecular complexity index is 2020. The molecule has 5 aromatic rings. The molecule has 0 spiro atoms. The van der Waals surface area contributed by atoms with Crippen molar-refractivity contribution >= 4 is 20.9 Å². The highest BCUT2D eigenvalue weighted by atomic mass is 32.2. The van der Waals surface area contributed by atoms with Crippen molar-refractivity contribution in [3.05, 3.63) is 89.0 Å². The molecule has 0 saturated carbocycles. The highest BCUT2D eigenvalue weighted by Gasteiger charge is 2.35. The van der Waals surface area contributed by atoms with Crippen molar-refractivity contribution in [2.45, 2.75) is 38.1 Å². The average molecular weight is 570 g/mol. The summed E-state index contributed by atoms with van der Waals surface area (Å²) in [5, 5.41) is 11.3. The molecule has 1 aliphatic heterocycles. The van der Waals surface area contributed by atoms with E-state index in [2.05, 4.69) is 6.07 Å². The van der Waals surface area contributed by atoms with Crippen molar-refractivity contribution in [1.29, 1.82) is 5.26 Å². The lowest BCUT2D eigenvalue weighted by molar-refractivity contribution is 0.334. The van der Waals surface area contributed by atoms with E-state index in [1.165, 1.54) is 18.2 Å². The second kappa shape index (κ2) is 9.53. The van der Waals surface area contributed by atoms with Gasteiger partial charge in [-0.1, -0.05) is 35.9 Å². The highest BCUT2D eigenvalue weighted by Crippen LogP contribution is 2.49. The summed E-state index contributed by atoms with van der Waals surface area (Å²) in [6.07, 6.45) is 1.98. The monoisotopic (exact) mass is 569 g/mol. The minimum Gasteiger partial charge on any atom is -0.493 e. The predicted octanol–water partition coefficient (Wildman–Crippen LogP) is 6.78. The fourth-order valence-electron chi connectivity index (χ4n) is 6.12. The molecule has 3 heterocycles. The number of aromatic nitrogens is 2. The molecule has 0 saturated heterocycles. The van der Waals surface area contributed by atoms with Gasteiger partial charge in [-0.15, -0.1) is 0 Å². The van der Waals surface area contributed by atoms with Crippen LogP contribution >= 0.6 is 0 Å². The molecule has 9 heteroatoms. The van der Waals surface area contributed by atoms with Gasteiger partial charge in [-0.25, -0.2) is 16.8 Å². The van der Waals surface area contributed by atoms with Crippen LogP contribution in [0.2, 0.25) is 0 Å². The number of benzene rings is 3. The third kappa shape index (κ3) is 3.78. The van der Waals surface area contributed by atoms with Gasteiger partial charge < -0.3 is 14.0 Å². The molecule has 2 aromatic heterocycles. The summed E-state index contributed by atoms with van der Waals surface area (Å²) < 4.78 is 57.5. The van der Waals surface area contributed by atoms with Crippen LogP contribution in [0.3, 0.4) is 0 Å². The molecule has 1 aliphatic rings. The van der Waals surface area contributed by atoms with Crippen molar-refractivity contribution < 1.29 is 22.3 Å². The maximum atomic E-state index is 15.7. The van der Waals surface area contributed by atoms with E-state index in [4.69, 9.17) is 9.47 Å². The Labute approximate surface area is 238 Å². The lowest BCUT2D eigenvalue weighted by atomic mass is 9.91. The minimum atomic E-state index is -3.94. The molecule has 0 aliphatic carbocycles. The zero-order valence-corrected chi connectivity index (χ0v) is 24.1. The van der Waals surface area contributed by atoms with Crippen LogP contribution in [-0.4, -0.2) is 31.2 Å². The molecule has 41 heavy (non-hydrogen) atoms. The average Bonchev–Trinajstić information content (AvgIpc) is 3.49. The number of nitrogens with zero attached hydrogens (tertiary/aromatic N) is 3. The number of fused-ring (bicyclic) bond motifs is 4. The Kier molecular flexibility index (Phi) is 6.20. The zero-order valence-electron chi connectivity index (χ0n) is 23.3. The van der Waals surface area contributed by atoms with Gasteiger partial charge >= 0.3 is 0 Å². The van der Waals surface area contributed by atoms with Crippen molar-refractivity contribution in [3.8, 4) is 40.0 Å². The van der Waals surface area contributed by atoms with Crippen molar-refractivity contribution in [3.63, 3.8) is 0 Å². The number of nitriles is 1. The number of ether oxygens (including phenoxy) is 2. The number of para-hydroxylation sites is 1. The second-order valence-electron chi connectivity index (χ2n) is 10.3. The molecule has 208 valence electrons. The van der Waals surface area contributed by atoms with E-state index >= 15 is 4.39 Å². The SMILES string of the molecule is COc1cc2c(c(F)c1OC)CC(C)n1c(C)c(-c3cn(S(=O)(=O)c4ccc(C)cc4)c4ccccc34)c(C#N)c1-2. The van der Waals surface area contributed by atoms with Crippen LogP contribution in [0.5, 0.6) is 11.5 Å². The molecule has 6 rings (SSSR count). The Hall–Kier alpha value is -4.55. The van der Waals surface area contributed by atoms with E-state index in [9.17, 15) is 13.7 Å². The van der Waals surface area contributed by atoms with E-state index in [0.29, 0.717) is 50.8 Å². The summed E-state index contributed by atoms with van der Waals surface area (Å²) in [5.74, 6) is -0.252. The van der Waals surface area contributed by atoms with Gasteiger partial charge in [0, 0.05) is 45.6 Å². The first-order valence-corrected chi connectivity index (χ1v) is 14.6. The molecule has 0 N–H and O–H groups in total. The molecule has 0 bridgehead atoms. The highest BCUT2D eigenvalue weighted by molar-refractivity contribution is 7.90. The molecule has 0 fully saturated rings. The first-order chi connectivity index (χ1) is 19.6. The van der Waals surface area contributed by atoms with Gasteiger partial charge in [-0.05, 0) is 51.5 Å². The third-order valence-corrected chi connectivity index (χ3v) is 9.68. The fourth-order valence-corrected chi connectivity index (χ4v) is 7.49. The number of methoxy groups -OCH3 is 2. The van der Waals surface area contributed by atoms with Crippen LogP contribution in [0.4, 0.5) is 4.39 Å². The zero-order chi connectivity index (χ0) is 29.2. The summed E-state index contributed by atoms with van der Waals surface area (Å²) in [5.41, 5.74) is 5.41. The molecular weight excluding hydrogens is 541 g/mol. The molecule has 0 radical (unpaired) electrons. The van der Waals surface area contributed by atoms with Crippen molar-refractivity contribution in [2.75, 3.05) is 14.2 Å². The summed E-state index contributed by atoms with van der Waals surface area (Å²) in [6, 6.07) is 17.9. The molecule has 7 nitrogen and oxygen atoms in total. The van der Waals surface area contributed by atoms with Gasteiger partial charge in [0.25, 0.3) is 10.0 Å². The van der Waals surface area contributed by atoms with Crippen molar-refractivity contribution in [1.82, 2.24) is 8.54 Å². The Morgan fingerprint density at radius 3 is 2.39 bits per heavy atom. The molecule has 1 atom stereocenters. The summed E-state index contributed by atoms with van der Waals surface area (Å²) in [6.45, 7) is 5.79. The molecule has 3 aromatic carbocycles. The second-order valence-corrected chi connectivity index (χ2v) is 12.2. The van der Waals surface area contributed by atoms with E-state index in [0.717, 1.165) is 11.3 Å². The first-order valence-electron chi connectivity index (χ1n) is 13.1. The number of aryl methyl sites for hydroxylation is 1. The Balaban J connectivity index is 1.66. The van der Waals surface area contributed by atoms with Crippen molar-refractivity contribution in [2.24, 2.45) is 0 Å². The summed E-state index contributed by atoms with van der Waals surface area (Å²) in [7, 11) is -1.10. The summed E-state index contributed by atoms with van der Waals surface area (Å²) in [4.78, 5) is 0.169. The molecule has 1 unspecified atom stereocenters. The standard InChI is InChI=1S/C32H28FN3O4S/c1-18-10-12-21(13-11-18)41(37,38)35-17-26(22-8-6-7-9-27(22)35)29-20(3)36-19(2)14-23-24(31(36)25(29)16-34)15-28(39-4)32(40-5)30(23)33/h6-13,15,17,19H,14H2,1-5H3. The predicted molar refractivity (Wildman–Crippen MR) is 155 cm³/mol. The lowest BCUT2D eigenvalue weighted by Gasteiger charge is -2.28. The Morgan fingerprint density at radius 1 is 1.02 bits per heavy atom. The first kappa shape index (κ1) is 26.7. The van der Waals surface area contributed by atoms with E-state index < -0.39 is 15.8 Å². The van der Waals surface area contributed by atoms with Crippen LogP contribution in [-0.2, 0) is 16.4 Å². The maximum Gasteiger partial charge on any atom is 0.268 e.